The molecular weight excluding hydrogens is 298 g/mol. The first-order chi connectivity index (χ1) is 10.5. The third-order valence-electron chi connectivity index (χ3n) is 3.23. The highest BCUT2D eigenvalue weighted by atomic mass is 32.1. The van der Waals surface area contributed by atoms with Gasteiger partial charge in [-0.3, -0.25) is 10.1 Å². The normalized spacial score (nSPS) is 12.2. The van der Waals surface area contributed by atoms with E-state index in [4.69, 9.17) is 4.74 Å². The number of ether oxygens (including phenoxy) is 1. The molecule has 0 radical (unpaired) electrons. The van der Waals surface area contributed by atoms with Crippen molar-refractivity contribution in [2.24, 2.45) is 0 Å². The Labute approximate surface area is 134 Å². The number of hydrogen-bond donors (Lipinski definition) is 1. The van der Waals surface area contributed by atoms with Crippen molar-refractivity contribution >= 4 is 22.4 Å². The van der Waals surface area contributed by atoms with Gasteiger partial charge in [0, 0.05) is 0 Å². The standard InChI is InChI=1S/C16H21N3O2S/c1-5-13(15(20)17-16-19-18-11(4)22-16)21-14-9-7-6-8-12(14)10(2)3/h6-10,13H,5H2,1-4H3,(H,17,19,20)/t13-/m0/s1. The van der Waals surface area contributed by atoms with E-state index in [0.29, 0.717) is 17.5 Å². The molecular formula is C16H21N3O2S. The fourth-order valence-electron chi connectivity index (χ4n) is 2.07. The second-order valence-electron chi connectivity index (χ2n) is 5.32. The first-order valence-corrected chi connectivity index (χ1v) is 8.19. The topological polar surface area (TPSA) is 64.1 Å². The molecule has 22 heavy (non-hydrogen) atoms. The molecule has 118 valence electrons. The zero-order chi connectivity index (χ0) is 16.1. The summed E-state index contributed by atoms with van der Waals surface area (Å²) in [5.41, 5.74) is 1.10. The Hall–Kier alpha value is -1.95. The minimum absolute atomic E-state index is 0.197. The quantitative estimate of drug-likeness (QED) is 0.880. The van der Waals surface area contributed by atoms with Crippen molar-refractivity contribution in [3.8, 4) is 5.75 Å². The Bertz CT molecular complexity index is 640. The molecule has 0 saturated heterocycles. The minimum atomic E-state index is -0.552. The molecule has 0 aliphatic carbocycles. The van der Waals surface area contributed by atoms with Crippen LogP contribution in [0, 0.1) is 6.92 Å². The van der Waals surface area contributed by atoms with Gasteiger partial charge < -0.3 is 4.74 Å². The van der Waals surface area contributed by atoms with Crippen molar-refractivity contribution in [2.75, 3.05) is 5.32 Å². The van der Waals surface area contributed by atoms with Gasteiger partial charge in [-0.25, -0.2) is 0 Å². The van der Waals surface area contributed by atoms with Gasteiger partial charge in [-0.15, -0.1) is 10.2 Å². The molecule has 0 unspecified atom stereocenters. The second-order valence-corrected chi connectivity index (χ2v) is 6.50. The van der Waals surface area contributed by atoms with Gasteiger partial charge in [0.1, 0.15) is 10.8 Å². The molecule has 2 rings (SSSR count). The van der Waals surface area contributed by atoms with E-state index in [1.165, 1.54) is 11.3 Å². The van der Waals surface area contributed by atoms with Crippen molar-refractivity contribution in [3.63, 3.8) is 0 Å². The van der Waals surface area contributed by atoms with Crippen LogP contribution in [0.1, 0.15) is 43.7 Å². The summed E-state index contributed by atoms with van der Waals surface area (Å²) in [4.78, 5) is 12.3. The molecule has 0 bridgehead atoms. The molecule has 0 saturated carbocycles. The molecule has 1 amide bonds. The lowest BCUT2D eigenvalue weighted by molar-refractivity contribution is -0.122. The van der Waals surface area contributed by atoms with E-state index in [9.17, 15) is 4.79 Å². The van der Waals surface area contributed by atoms with E-state index in [2.05, 4.69) is 29.4 Å². The fraction of sp³-hybridized carbons (Fsp3) is 0.438. The van der Waals surface area contributed by atoms with Crippen molar-refractivity contribution < 1.29 is 9.53 Å². The van der Waals surface area contributed by atoms with Gasteiger partial charge in [0.05, 0.1) is 0 Å². The molecule has 1 heterocycles. The largest absolute Gasteiger partial charge is 0.480 e. The average molecular weight is 319 g/mol. The van der Waals surface area contributed by atoms with Crippen LogP contribution >= 0.6 is 11.3 Å². The van der Waals surface area contributed by atoms with Gasteiger partial charge in [0.25, 0.3) is 5.91 Å². The number of para-hydroxylation sites is 1. The van der Waals surface area contributed by atoms with Gasteiger partial charge in [-0.2, -0.15) is 0 Å². The summed E-state index contributed by atoms with van der Waals surface area (Å²) in [6, 6.07) is 7.83. The van der Waals surface area contributed by atoms with Crippen molar-refractivity contribution in [3.05, 3.63) is 34.8 Å². The number of carbonyl (C=O) groups is 1. The van der Waals surface area contributed by atoms with Gasteiger partial charge in [0.15, 0.2) is 6.10 Å². The van der Waals surface area contributed by atoms with Gasteiger partial charge >= 0.3 is 0 Å². The number of benzene rings is 1. The number of amides is 1. The van der Waals surface area contributed by atoms with Crippen LogP contribution in [-0.2, 0) is 4.79 Å². The molecule has 0 aliphatic rings. The lowest BCUT2D eigenvalue weighted by Crippen LogP contribution is -2.32. The first-order valence-electron chi connectivity index (χ1n) is 7.37. The van der Waals surface area contributed by atoms with Crippen LogP contribution in [0.4, 0.5) is 5.13 Å². The molecule has 0 fully saturated rings. The zero-order valence-electron chi connectivity index (χ0n) is 13.3. The number of aryl methyl sites for hydroxylation is 1. The molecule has 1 N–H and O–H groups in total. The van der Waals surface area contributed by atoms with Crippen LogP contribution in [-0.4, -0.2) is 22.2 Å². The van der Waals surface area contributed by atoms with Gasteiger partial charge in [-0.05, 0) is 30.9 Å². The third kappa shape index (κ3) is 4.04. The predicted molar refractivity (Wildman–Crippen MR) is 88.5 cm³/mol. The summed E-state index contributed by atoms with van der Waals surface area (Å²) in [7, 11) is 0. The third-order valence-corrected chi connectivity index (χ3v) is 3.98. The molecule has 0 spiro atoms. The number of nitrogens with one attached hydrogen (secondary N) is 1. The number of nitrogens with zero attached hydrogens (tertiary/aromatic N) is 2. The lowest BCUT2D eigenvalue weighted by atomic mass is 10.0. The van der Waals surface area contributed by atoms with Crippen LogP contribution in [0.2, 0.25) is 0 Å². The van der Waals surface area contributed by atoms with Crippen LogP contribution in [0.25, 0.3) is 0 Å². The monoisotopic (exact) mass is 319 g/mol. The minimum Gasteiger partial charge on any atom is -0.480 e. The van der Waals surface area contributed by atoms with Crippen molar-refractivity contribution in [1.82, 2.24) is 10.2 Å². The van der Waals surface area contributed by atoms with E-state index in [1.54, 1.807) is 0 Å². The predicted octanol–water partition coefficient (Wildman–Crippen LogP) is 3.77. The summed E-state index contributed by atoms with van der Waals surface area (Å²) in [6.45, 7) is 7.98. The Morgan fingerprint density at radius 2 is 2.05 bits per heavy atom. The lowest BCUT2D eigenvalue weighted by Gasteiger charge is -2.20. The van der Waals surface area contributed by atoms with E-state index in [1.807, 2.05) is 38.1 Å². The summed E-state index contributed by atoms with van der Waals surface area (Å²) < 4.78 is 5.94. The smallest absolute Gasteiger partial charge is 0.267 e. The Morgan fingerprint density at radius 1 is 1.32 bits per heavy atom. The maximum Gasteiger partial charge on any atom is 0.267 e. The Kier molecular flexibility index (Phi) is 5.49. The summed E-state index contributed by atoms with van der Waals surface area (Å²) in [6.07, 6.45) is 0.0277. The second kappa shape index (κ2) is 7.35. The van der Waals surface area contributed by atoms with Crippen LogP contribution in [0.3, 0.4) is 0 Å². The van der Waals surface area contributed by atoms with Gasteiger partial charge in [-0.1, -0.05) is 50.3 Å². The number of carbonyl (C=O) groups excluding carboxylic acids is 1. The SMILES string of the molecule is CC[C@H](Oc1ccccc1C(C)C)C(=O)Nc1nnc(C)s1. The summed E-state index contributed by atoms with van der Waals surface area (Å²) in [5.74, 6) is 0.896. The molecule has 5 nitrogen and oxygen atoms in total. The summed E-state index contributed by atoms with van der Waals surface area (Å²) >= 11 is 1.35. The first kappa shape index (κ1) is 16.4. The number of aromatic nitrogens is 2. The molecule has 1 aromatic carbocycles. The van der Waals surface area contributed by atoms with E-state index < -0.39 is 6.10 Å². The van der Waals surface area contributed by atoms with Crippen LogP contribution in [0.5, 0.6) is 5.75 Å². The molecule has 1 aromatic heterocycles. The van der Waals surface area contributed by atoms with E-state index >= 15 is 0 Å². The highest BCUT2D eigenvalue weighted by Gasteiger charge is 2.21. The highest BCUT2D eigenvalue weighted by Crippen LogP contribution is 2.27. The van der Waals surface area contributed by atoms with E-state index in [0.717, 1.165) is 16.3 Å². The van der Waals surface area contributed by atoms with Gasteiger partial charge in [0.2, 0.25) is 5.13 Å². The van der Waals surface area contributed by atoms with E-state index in [-0.39, 0.29) is 5.91 Å². The summed E-state index contributed by atoms with van der Waals surface area (Å²) in [5, 5.41) is 11.9. The fourth-order valence-corrected chi connectivity index (χ4v) is 2.67. The van der Waals surface area contributed by atoms with Crippen molar-refractivity contribution in [1.29, 1.82) is 0 Å². The number of hydrogen-bond acceptors (Lipinski definition) is 5. The molecule has 2 aromatic rings. The maximum absolute atomic E-state index is 12.3. The van der Waals surface area contributed by atoms with Crippen molar-refractivity contribution in [2.45, 2.75) is 46.1 Å². The zero-order valence-corrected chi connectivity index (χ0v) is 14.1. The Balaban J connectivity index is 2.10. The Morgan fingerprint density at radius 3 is 2.64 bits per heavy atom. The maximum atomic E-state index is 12.3. The number of anilines is 1. The molecule has 1 atom stereocenters. The van der Waals surface area contributed by atoms with Crippen LogP contribution in [0.15, 0.2) is 24.3 Å². The van der Waals surface area contributed by atoms with Crippen LogP contribution < -0.4 is 10.1 Å². The average Bonchev–Trinajstić information content (AvgIpc) is 2.90. The molecule has 0 aliphatic heterocycles. The number of rotatable bonds is 6. The molecule has 6 heteroatoms. The highest BCUT2D eigenvalue weighted by molar-refractivity contribution is 7.15.